The van der Waals surface area contributed by atoms with Gasteiger partial charge in [-0.3, -0.25) is 0 Å². The molecule has 0 amide bonds. The van der Waals surface area contributed by atoms with E-state index in [0.717, 1.165) is 38.1 Å². The number of aromatic nitrogens is 2. The van der Waals surface area contributed by atoms with E-state index in [1.54, 1.807) is 0 Å². The van der Waals surface area contributed by atoms with Crippen molar-refractivity contribution in [2.24, 2.45) is 5.73 Å². The zero-order chi connectivity index (χ0) is 10.7. The Kier molecular flexibility index (Phi) is 2.81. The van der Waals surface area contributed by atoms with Crippen LogP contribution in [0.3, 0.4) is 0 Å². The molecule has 1 saturated carbocycles. The summed E-state index contributed by atoms with van der Waals surface area (Å²) in [7, 11) is 0. The van der Waals surface area contributed by atoms with Crippen molar-refractivity contribution in [2.45, 2.75) is 31.2 Å². The maximum atomic E-state index is 12.5. The summed E-state index contributed by atoms with van der Waals surface area (Å²) in [5, 5.41) is 0. The van der Waals surface area contributed by atoms with Gasteiger partial charge in [-0.25, -0.2) is 14.4 Å². The molecule has 5 heteroatoms. The number of hydrogen-bond acceptors (Lipinski definition) is 4. The first-order chi connectivity index (χ1) is 7.18. The predicted octanol–water partition coefficient (Wildman–Crippen LogP) is 1.27. The molecule has 1 aliphatic rings. The van der Waals surface area contributed by atoms with Crippen LogP contribution in [0.15, 0.2) is 12.4 Å². The van der Waals surface area contributed by atoms with Crippen molar-refractivity contribution >= 4 is 0 Å². The van der Waals surface area contributed by atoms with Gasteiger partial charge in [-0.15, -0.1) is 0 Å². The highest BCUT2D eigenvalue weighted by molar-refractivity contribution is 4.98. The molecule has 0 unspecified atom stereocenters. The van der Waals surface area contributed by atoms with Gasteiger partial charge in [0.2, 0.25) is 0 Å². The summed E-state index contributed by atoms with van der Waals surface area (Å²) < 4.78 is 17.8. The van der Waals surface area contributed by atoms with Crippen LogP contribution >= 0.6 is 0 Å². The van der Waals surface area contributed by atoms with Crippen molar-refractivity contribution in [3.05, 3.63) is 18.2 Å². The standard InChI is InChI=1S/C10H14FN3O/c11-8-5-13-9(14-6-8)15-7-10(12)3-1-2-4-10/h5-6H,1-4,7,12H2. The zero-order valence-electron chi connectivity index (χ0n) is 8.45. The Morgan fingerprint density at radius 1 is 1.33 bits per heavy atom. The first-order valence-corrected chi connectivity index (χ1v) is 5.07. The van der Waals surface area contributed by atoms with Crippen LogP contribution in [0.2, 0.25) is 0 Å². The summed E-state index contributed by atoms with van der Waals surface area (Å²) in [6, 6.07) is 0.188. The van der Waals surface area contributed by atoms with Gasteiger partial charge in [0, 0.05) is 0 Å². The van der Waals surface area contributed by atoms with Crippen molar-refractivity contribution in [3.8, 4) is 6.01 Å². The molecule has 82 valence electrons. The Bertz CT molecular complexity index is 322. The lowest BCUT2D eigenvalue weighted by Gasteiger charge is -2.22. The van der Waals surface area contributed by atoms with Crippen LogP contribution in [0.1, 0.15) is 25.7 Å². The van der Waals surface area contributed by atoms with Crippen LogP contribution in [-0.2, 0) is 0 Å². The SMILES string of the molecule is NC1(COc2ncc(F)cn2)CCCC1. The quantitative estimate of drug-likeness (QED) is 0.817. The summed E-state index contributed by atoms with van der Waals surface area (Å²) in [6.45, 7) is 0.401. The van der Waals surface area contributed by atoms with Crippen molar-refractivity contribution in [3.63, 3.8) is 0 Å². The minimum Gasteiger partial charge on any atom is -0.462 e. The lowest BCUT2D eigenvalue weighted by molar-refractivity contribution is 0.205. The molecule has 1 aliphatic carbocycles. The second-order valence-electron chi connectivity index (χ2n) is 4.04. The summed E-state index contributed by atoms with van der Waals surface area (Å²) in [6.07, 6.45) is 6.39. The Balaban J connectivity index is 1.90. The first kappa shape index (κ1) is 10.3. The minimum absolute atomic E-state index is 0.188. The van der Waals surface area contributed by atoms with E-state index in [9.17, 15) is 4.39 Å². The van der Waals surface area contributed by atoms with Gasteiger partial charge in [0.25, 0.3) is 0 Å². The lowest BCUT2D eigenvalue weighted by atomic mass is 10.0. The van der Waals surface area contributed by atoms with Crippen LogP contribution in [0.4, 0.5) is 4.39 Å². The third kappa shape index (κ3) is 2.62. The number of rotatable bonds is 3. The molecule has 0 saturated heterocycles. The molecule has 1 aromatic rings. The van der Waals surface area contributed by atoms with Crippen molar-refractivity contribution in [1.29, 1.82) is 0 Å². The molecule has 0 bridgehead atoms. The molecule has 2 rings (SSSR count). The van der Waals surface area contributed by atoms with Crippen LogP contribution in [0.25, 0.3) is 0 Å². The maximum absolute atomic E-state index is 12.5. The van der Waals surface area contributed by atoms with E-state index >= 15 is 0 Å². The molecule has 0 aliphatic heterocycles. The minimum atomic E-state index is -0.467. The largest absolute Gasteiger partial charge is 0.462 e. The first-order valence-electron chi connectivity index (χ1n) is 5.07. The van der Waals surface area contributed by atoms with Gasteiger partial charge in [0.05, 0.1) is 17.9 Å². The molecule has 0 atom stereocenters. The number of hydrogen-bond donors (Lipinski definition) is 1. The Morgan fingerprint density at radius 3 is 2.53 bits per heavy atom. The maximum Gasteiger partial charge on any atom is 0.316 e. The lowest BCUT2D eigenvalue weighted by Crippen LogP contribution is -2.42. The molecule has 2 N–H and O–H groups in total. The molecular formula is C10H14FN3O. The Labute approximate surface area is 87.7 Å². The van der Waals surface area contributed by atoms with Crippen molar-refractivity contribution in [2.75, 3.05) is 6.61 Å². The van der Waals surface area contributed by atoms with E-state index in [4.69, 9.17) is 10.5 Å². The van der Waals surface area contributed by atoms with Gasteiger partial charge in [0.1, 0.15) is 6.61 Å². The molecule has 1 fully saturated rings. The molecule has 0 spiro atoms. The van der Waals surface area contributed by atoms with Crippen LogP contribution in [0.5, 0.6) is 6.01 Å². The summed E-state index contributed by atoms with van der Waals surface area (Å²) in [5.41, 5.74) is 5.83. The summed E-state index contributed by atoms with van der Waals surface area (Å²) in [5.74, 6) is -0.467. The predicted molar refractivity (Wildman–Crippen MR) is 52.9 cm³/mol. The molecule has 1 aromatic heterocycles. The van der Waals surface area contributed by atoms with E-state index in [1.807, 2.05) is 0 Å². The third-order valence-electron chi connectivity index (χ3n) is 2.68. The fourth-order valence-electron chi connectivity index (χ4n) is 1.81. The van der Waals surface area contributed by atoms with E-state index in [1.165, 1.54) is 0 Å². The monoisotopic (exact) mass is 211 g/mol. The zero-order valence-corrected chi connectivity index (χ0v) is 8.45. The summed E-state index contributed by atoms with van der Waals surface area (Å²) in [4.78, 5) is 7.41. The fourth-order valence-corrected chi connectivity index (χ4v) is 1.81. The Hall–Kier alpha value is -1.23. The van der Waals surface area contributed by atoms with Crippen molar-refractivity contribution < 1.29 is 9.13 Å². The topological polar surface area (TPSA) is 61.0 Å². The smallest absolute Gasteiger partial charge is 0.316 e. The number of nitrogens with two attached hydrogens (primary N) is 1. The average molecular weight is 211 g/mol. The molecule has 0 aromatic carbocycles. The molecule has 15 heavy (non-hydrogen) atoms. The fraction of sp³-hybridized carbons (Fsp3) is 0.600. The average Bonchev–Trinajstić information content (AvgIpc) is 2.65. The van der Waals surface area contributed by atoms with Gasteiger partial charge in [0.15, 0.2) is 5.82 Å². The highest BCUT2D eigenvalue weighted by Crippen LogP contribution is 2.27. The van der Waals surface area contributed by atoms with Gasteiger partial charge < -0.3 is 10.5 Å². The normalized spacial score (nSPS) is 19.1. The molecular weight excluding hydrogens is 197 g/mol. The Morgan fingerprint density at radius 2 is 1.93 bits per heavy atom. The van der Waals surface area contributed by atoms with E-state index in [0.29, 0.717) is 6.61 Å². The molecule has 0 radical (unpaired) electrons. The van der Waals surface area contributed by atoms with Crippen LogP contribution < -0.4 is 10.5 Å². The highest BCUT2D eigenvalue weighted by Gasteiger charge is 2.30. The second-order valence-corrected chi connectivity index (χ2v) is 4.04. The van der Waals surface area contributed by atoms with Gasteiger partial charge in [-0.1, -0.05) is 12.8 Å². The van der Waals surface area contributed by atoms with E-state index in [-0.39, 0.29) is 11.5 Å². The second kappa shape index (κ2) is 4.10. The summed E-state index contributed by atoms with van der Waals surface area (Å²) >= 11 is 0. The molecule has 4 nitrogen and oxygen atoms in total. The van der Waals surface area contributed by atoms with E-state index in [2.05, 4.69) is 9.97 Å². The van der Waals surface area contributed by atoms with Gasteiger partial charge >= 0.3 is 6.01 Å². The number of ether oxygens (including phenoxy) is 1. The molecule has 1 heterocycles. The highest BCUT2D eigenvalue weighted by atomic mass is 19.1. The number of nitrogens with zero attached hydrogens (tertiary/aromatic N) is 2. The van der Waals surface area contributed by atoms with Crippen LogP contribution in [-0.4, -0.2) is 22.1 Å². The third-order valence-corrected chi connectivity index (χ3v) is 2.68. The van der Waals surface area contributed by atoms with Crippen LogP contribution in [0, 0.1) is 5.82 Å². The van der Waals surface area contributed by atoms with Crippen molar-refractivity contribution in [1.82, 2.24) is 9.97 Å². The number of halogens is 1. The van der Waals surface area contributed by atoms with Gasteiger partial charge in [-0.05, 0) is 12.8 Å². The van der Waals surface area contributed by atoms with Gasteiger partial charge in [-0.2, -0.15) is 0 Å². The van der Waals surface area contributed by atoms with E-state index < -0.39 is 5.82 Å².